The van der Waals surface area contributed by atoms with E-state index in [0.29, 0.717) is 11.4 Å². The highest BCUT2D eigenvalue weighted by atomic mass is 32.2. The van der Waals surface area contributed by atoms with E-state index in [4.69, 9.17) is 16.6 Å². The molecule has 0 aliphatic heterocycles. The summed E-state index contributed by atoms with van der Waals surface area (Å²) in [5, 5.41) is 4.77. The van der Waals surface area contributed by atoms with Crippen LogP contribution < -0.4 is 11.5 Å². The van der Waals surface area contributed by atoms with Crippen LogP contribution >= 0.6 is 0 Å². The van der Waals surface area contributed by atoms with Crippen LogP contribution in [0.4, 0.5) is 11.4 Å². The van der Waals surface area contributed by atoms with E-state index < -0.39 is 9.84 Å². The highest BCUT2D eigenvalue weighted by Gasteiger charge is 2.14. The number of aromatic nitrogens is 2. The number of nitrogen functional groups attached to an aromatic ring is 2. The standard InChI is InChI=1S/C22H20N4O2S/c1-29(27,28)20-12-10-19(11-13-20)26-22(16-4-8-18(24)9-5-16)14-21(25-26)15-2-6-17(23)7-3-15/h2-14H,23-24H2,1H3. The van der Waals surface area contributed by atoms with Gasteiger partial charge in [0.2, 0.25) is 0 Å². The van der Waals surface area contributed by atoms with E-state index in [1.165, 1.54) is 6.26 Å². The molecule has 1 aromatic heterocycles. The van der Waals surface area contributed by atoms with Gasteiger partial charge in [-0.05, 0) is 54.6 Å². The molecule has 0 bridgehead atoms. The maximum atomic E-state index is 11.8. The van der Waals surface area contributed by atoms with E-state index in [1.807, 2.05) is 54.6 Å². The summed E-state index contributed by atoms with van der Waals surface area (Å²) in [7, 11) is -3.27. The van der Waals surface area contributed by atoms with Gasteiger partial charge >= 0.3 is 0 Å². The molecule has 3 aromatic carbocycles. The summed E-state index contributed by atoms with van der Waals surface area (Å²) in [5.74, 6) is 0. The van der Waals surface area contributed by atoms with Crippen molar-refractivity contribution in [2.75, 3.05) is 17.7 Å². The molecule has 0 amide bonds. The summed E-state index contributed by atoms with van der Waals surface area (Å²) in [6, 6.07) is 23.7. The molecule has 1 heterocycles. The molecule has 0 unspecified atom stereocenters. The Bertz CT molecular complexity index is 1260. The third kappa shape index (κ3) is 3.86. The molecule has 4 aromatic rings. The van der Waals surface area contributed by atoms with Crippen molar-refractivity contribution in [2.24, 2.45) is 0 Å². The first kappa shape index (κ1) is 18.8. The van der Waals surface area contributed by atoms with E-state index in [0.717, 1.165) is 28.2 Å². The molecule has 7 heteroatoms. The molecule has 0 radical (unpaired) electrons. The molecule has 146 valence electrons. The minimum atomic E-state index is -3.27. The lowest BCUT2D eigenvalue weighted by molar-refractivity contribution is 0.602. The molecule has 29 heavy (non-hydrogen) atoms. The predicted molar refractivity (Wildman–Crippen MR) is 116 cm³/mol. The van der Waals surface area contributed by atoms with Crippen molar-refractivity contribution < 1.29 is 8.42 Å². The Kier molecular flexibility index (Phi) is 4.60. The zero-order valence-corrected chi connectivity index (χ0v) is 16.6. The highest BCUT2D eigenvalue weighted by molar-refractivity contribution is 7.90. The average molecular weight is 404 g/mol. The summed E-state index contributed by atoms with van der Waals surface area (Å²) in [6.07, 6.45) is 1.19. The summed E-state index contributed by atoms with van der Waals surface area (Å²) in [5.41, 5.74) is 17.3. The second-order valence-corrected chi connectivity index (χ2v) is 8.85. The van der Waals surface area contributed by atoms with Gasteiger partial charge in [0.05, 0.1) is 22.0 Å². The van der Waals surface area contributed by atoms with E-state index in [1.54, 1.807) is 28.9 Å². The molecule has 0 aliphatic carbocycles. The Hall–Kier alpha value is -3.58. The van der Waals surface area contributed by atoms with Crippen LogP contribution in [-0.2, 0) is 9.84 Å². The second kappa shape index (κ2) is 7.10. The summed E-state index contributed by atoms with van der Waals surface area (Å²) in [6.45, 7) is 0. The zero-order valence-electron chi connectivity index (χ0n) is 15.8. The number of nitrogens with zero attached hydrogens (tertiary/aromatic N) is 2. The number of sulfone groups is 1. The molecule has 0 atom stereocenters. The van der Waals surface area contributed by atoms with Crippen molar-refractivity contribution in [1.29, 1.82) is 0 Å². The first-order valence-electron chi connectivity index (χ1n) is 8.94. The number of hydrogen-bond donors (Lipinski definition) is 2. The fraction of sp³-hybridized carbons (Fsp3) is 0.0455. The smallest absolute Gasteiger partial charge is 0.175 e. The SMILES string of the molecule is CS(=O)(=O)c1ccc(-n2nc(-c3ccc(N)cc3)cc2-c2ccc(N)cc2)cc1. The number of nitrogens with two attached hydrogens (primary N) is 2. The fourth-order valence-electron chi connectivity index (χ4n) is 3.07. The molecule has 0 saturated heterocycles. The molecule has 6 nitrogen and oxygen atoms in total. The van der Waals surface area contributed by atoms with Gasteiger partial charge < -0.3 is 11.5 Å². The minimum Gasteiger partial charge on any atom is -0.399 e. The Morgan fingerprint density at radius 3 is 1.79 bits per heavy atom. The quantitative estimate of drug-likeness (QED) is 0.504. The van der Waals surface area contributed by atoms with Crippen LogP contribution in [0.2, 0.25) is 0 Å². The van der Waals surface area contributed by atoms with Crippen LogP contribution in [0.15, 0.2) is 83.8 Å². The van der Waals surface area contributed by atoms with Crippen LogP contribution in [0, 0.1) is 0 Å². The van der Waals surface area contributed by atoms with Gasteiger partial charge in [-0.3, -0.25) is 0 Å². The maximum absolute atomic E-state index is 11.8. The first-order valence-corrected chi connectivity index (χ1v) is 10.8. The zero-order chi connectivity index (χ0) is 20.6. The normalized spacial score (nSPS) is 11.5. The van der Waals surface area contributed by atoms with Crippen LogP contribution in [0.1, 0.15) is 0 Å². The summed E-state index contributed by atoms with van der Waals surface area (Å²) < 4.78 is 25.3. The van der Waals surface area contributed by atoms with Gasteiger partial charge in [0.25, 0.3) is 0 Å². The van der Waals surface area contributed by atoms with Gasteiger partial charge in [0.15, 0.2) is 9.84 Å². The predicted octanol–water partition coefficient (Wildman–Crippen LogP) is 3.77. The van der Waals surface area contributed by atoms with Gasteiger partial charge in [-0.1, -0.05) is 24.3 Å². The van der Waals surface area contributed by atoms with E-state index in [-0.39, 0.29) is 4.90 Å². The molecule has 0 aliphatic rings. The van der Waals surface area contributed by atoms with Crippen molar-refractivity contribution >= 4 is 21.2 Å². The number of rotatable bonds is 4. The molecular formula is C22H20N4O2S. The monoisotopic (exact) mass is 404 g/mol. The minimum absolute atomic E-state index is 0.265. The lowest BCUT2D eigenvalue weighted by Gasteiger charge is -2.09. The third-order valence-electron chi connectivity index (χ3n) is 4.63. The van der Waals surface area contributed by atoms with Crippen LogP contribution in [-0.4, -0.2) is 24.5 Å². The highest BCUT2D eigenvalue weighted by Crippen LogP contribution is 2.30. The molecule has 4 rings (SSSR count). The fourth-order valence-corrected chi connectivity index (χ4v) is 3.70. The topological polar surface area (TPSA) is 104 Å². The number of anilines is 2. The molecule has 4 N–H and O–H groups in total. The van der Waals surface area contributed by atoms with Crippen molar-refractivity contribution in [3.63, 3.8) is 0 Å². The second-order valence-electron chi connectivity index (χ2n) is 6.84. The Balaban J connectivity index is 1.86. The van der Waals surface area contributed by atoms with Crippen molar-refractivity contribution in [3.05, 3.63) is 78.9 Å². The van der Waals surface area contributed by atoms with Gasteiger partial charge in [-0.25, -0.2) is 13.1 Å². The van der Waals surface area contributed by atoms with Crippen LogP contribution in [0.5, 0.6) is 0 Å². The number of hydrogen-bond acceptors (Lipinski definition) is 5. The largest absolute Gasteiger partial charge is 0.399 e. The van der Waals surface area contributed by atoms with Crippen molar-refractivity contribution in [1.82, 2.24) is 9.78 Å². The van der Waals surface area contributed by atoms with Crippen LogP contribution in [0.25, 0.3) is 28.2 Å². The first-order chi connectivity index (χ1) is 13.8. The van der Waals surface area contributed by atoms with E-state index in [9.17, 15) is 8.42 Å². The molecular weight excluding hydrogens is 384 g/mol. The summed E-state index contributed by atoms with van der Waals surface area (Å²) in [4.78, 5) is 0.265. The van der Waals surface area contributed by atoms with Crippen molar-refractivity contribution in [2.45, 2.75) is 4.90 Å². The Labute approximate surface area is 169 Å². The molecule has 0 fully saturated rings. The summed E-state index contributed by atoms with van der Waals surface area (Å²) >= 11 is 0. The van der Waals surface area contributed by atoms with Gasteiger partial charge in [-0.2, -0.15) is 5.10 Å². The Morgan fingerprint density at radius 2 is 1.28 bits per heavy atom. The molecule has 0 saturated carbocycles. The van der Waals surface area contributed by atoms with Gasteiger partial charge in [0, 0.05) is 28.8 Å². The maximum Gasteiger partial charge on any atom is 0.175 e. The third-order valence-corrected chi connectivity index (χ3v) is 5.76. The van der Waals surface area contributed by atoms with E-state index >= 15 is 0 Å². The lowest BCUT2D eigenvalue weighted by Crippen LogP contribution is -2.01. The molecule has 0 spiro atoms. The van der Waals surface area contributed by atoms with Gasteiger partial charge in [0.1, 0.15) is 0 Å². The average Bonchev–Trinajstić information content (AvgIpc) is 3.14. The van der Waals surface area contributed by atoms with Crippen molar-refractivity contribution in [3.8, 4) is 28.2 Å². The lowest BCUT2D eigenvalue weighted by atomic mass is 10.1. The van der Waals surface area contributed by atoms with Crippen LogP contribution in [0.3, 0.4) is 0 Å². The number of benzene rings is 3. The Morgan fingerprint density at radius 1 is 0.759 bits per heavy atom. The van der Waals surface area contributed by atoms with E-state index in [2.05, 4.69) is 0 Å². The van der Waals surface area contributed by atoms with Gasteiger partial charge in [-0.15, -0.1) is 0 Å².